The summed E-state index contributed by atoms with van der Waals surface area (Å²) in [5.74, 6) is -10.9. The van der Waals surface area contributed by atoms with Crippen LogP contribution in [0.4, 0.5) is 35.1 Å². The molecule has 10 heteroatoms. The minimum absolute atomic E-state index is 0.427. The molecule has 0 aromatic rings. The van der Waals surface area contributed by atoms with Crippen molar-refractivity contribution in [3.63, 3.8) is 0 Å². The minimum atomic E-state index is -6.16. The molecule has 0 aliphatic rings. The van der Waals surface area contributed by atoms with Gasteiger partial charge in [-0.1, -0.05) is 11.8 Å². The predicted molar refractivity (Wildman–Crippen MR) is 53.2 cm³/mol. The zero-order valence-electron chi connectivity index (χ0n) is 9.54. The molecule has 0 bridgehead atoms. The van der Waals surface area contributed by atoms with Gasteiger partial charge in [0.15, 0.2) is 11.3 Å². The monoisotopic (exact) mass is 318 g/mol. The van der Waals surface area contributed by atoms with Crippen LogP contribution < -0.4 is 0 Å². The minimum Gasteiger partial charge on any atom is -0.288 e. The first kappa shape index (κ1) is 18.5. The maximum Gasteiger partial charge on any atom is 0.453 e. The number of thioether (sulfide) groups is 1. The molecule has 1 atom stereocenters. The fourth-order valence-corrected chi connectivity index (χ4v) is 1.64. The average molecular weight is 318 g/mol. The number of alkyl halides is 8. The topological polar surface area (TPSA) is 17.1 Å². The van der Waals surface area contributed by atoms with Gasteiger partial charge in [-0.3, -0.25) is 4.79 Å². The highest BCUT2D eigenvalue weighted by Gasteiger charge is 2.63. The summed E-state index contributed by atoms with van der Waals surface area (Å²) < 4.78 is 98.8. The molecule has 0 aromatic carbocycles. The second-order valence-corrected chi connectivity index (χ2v) is 5.01. The Bertz CT molecular complexity index is 314. The molecule has 0 aromatic heterocycles. The summed E-state index contributed by atoms with van der Waals surface area (Å²) in [7, 11) is 0. The van der Waals surface area contributed by atoms with Crippen LogP contribution in [-0.4, -0.2) is 35.1 Å². The first-order valence-corrected chi connectivity index (χ1v) is 5.88. The van der Waals surface area contributed by atoms with Crippen molar-refractivity contribution in [1.82, 2.24) is 0 Å². The predicted octanol–water partition coefficient (Wildman–Crippen LogP) is 4.22. The smallest absolute Gasteiger partial charge is 0.288 e. The van der Waals surface area contributed by atoms with Crippen molar-refractivity contribution < 1.29 is 39.9 Å². The van der Waals surface area contributed by atoms with E-state index in [1.54, 1.807) is 0 Å². The Kier molecular flexibility index (Phi) is 6.10. The number of hydrogen-bond donors (Lipinski definition) is 0. The van der Waals surface area contributed by atoms with E-state index in [1.807, 2.05) is 0 Å². The van der Waals surface area contributed by atoms with Crippen LogP contribution in [0.25, 0.3) is 0 Å². The summed E-state index contributed by atoms with van der Waals surface area (Å²) in [4.78, 5) is 10.4. The first-order valence-electron chi connectivity index (χ1n) is 4.89. The van der Waals surface area contributed by atoms with Gasteiger partial charge in [-0.15, -0.1) is 0 Å². The molecule has 0 rings (SSSR count). The van der Waals surface area contributed by atoms with Crippen LogP contribution in [0.2, 0.25) is 0 Å². The van der Waals surface area contributed by atoms with E-state index in [0.717, 1.165) is 6.92 Å². The van der Waals surface area contributed by atoms with Gasteiger partial charge in [0.2, 0.25) is 0 Å². The van der Waals surface area contributed by atoms with Crippen LogP contribution in [0.1, 0.15) is 19.8 Å². The number of hydrogen-bond acceptors (Lipinski definition) is 2. The summed E-state index contributed by atoms with van der Waals surface area (Å²) in [5, 5.41) is -0.504. The van der Waals surface area contributed by atoms with E-state index in [0.29, 0.717) is 11.8 Å². The Morgan fingerprint density at radius 2 is 1.58 bits per heavy atom. The van der Waals surface area contributed by atoms with E-state index in [4.69, 9.17) is 0 Å². The molecular weight excluding hydrogens is 308 g/mol. The van der Waals surface area contributed by atoms with Crippen LogP contribution in [0, 0.1) is 0 Å². The summed E-state index contributed by atoms with van der Waals surface area (Å²) in [5.41, 5.74) is 0. The average Bonchev–Trinajstić information content (AvgIpc) is 2.13. The molecule has 1 unspecified atom stereocenters. The van der Waals surface area contributed by atoms with Gasteiger partial charge < -0.3 is 0 Å². The Balaban J connectivity index is 4.56. The van der Waals surface area contributed by atoms with Crippen molar-refractivity contribution in [1.29, 1.82) is 0 Å². The maximum absolute atomic E-state index is 13.0. The third-order valence-corrected chi connectivity index (χ3v) is 2.85. The summed E-state index contributed by atoms with van der Waals surface area (Å²) in [6.45, 7) is 1.08. The Labute approximate surface area is 107 Å². The highest BCUT2D eigenvalue weighted by molar-refractivity contribution is 8.13. The van der Waals surface area contributed by atoms with Gasteiger partial charge in [0.25, 0.3) is 5.92 Å². The Hall–Kier alpha value is -0.540. The molecule has 0 amide bonds. The van der Waals surface area contributed by atoms with Crippen LogP contribution in [0.15, 0.2) is 0 Å². The van der Waals surface area contributed by atoms with E-state index in [9.17, 15) is 39.9 Å². The molecule has 0 radical (unpaired) electrons. The van der Waals surface area contributed by atoms with Crippen molar-refractivity contribution in [2.45, 2.75) is 44.0 Å². The fraction of sp³-hybridized carbons (Fsp3) is 0.889. The lowest BCUT2D eigenvalue weighted by Crippen LogP contribution is -2.45. The number of rotatable bonds is 6. The van der Waals surface area contributed by atoms with Crippen molar-refractivity contribution >= 4 is 16.9 Å². The molecule has 0 aliphatic carbocycles. The SMILES string of the molecule is CC(=O)SCCC(F)C(F)(F)CC(F)(F)C(F)(F)F. The van der Waals surface area contributed by atoms with E-state index in [-0.39, 0.29) is 0 Å². The zero-order chi connectivity index (χ0) is 15.5. The second kappa shape index (κ2) is 6.27. The van der Waals surface area contributed by atoms with Gasteiger partial charge in [-0.25, -0.2) is 13.2 Å². The Morgan fingerprint density at radius 1 is 1.11 bits per heavy atom. The highest BCUT2D eigenvalue weighted by atomic mass is 32.2. The van der Waals surface area contributed by atoms with Crippen molar-refractivity contribution in [3.05, 3.63) is 0 Å². The lowest BCUT2D eigenvalue weighted by molar-refractivity contribution is -0.304. The molecule has 0 saturated carbocycles. The highest BCUT2D eigenvalue weighted by Crippen LogP contribution is 2.44. The van der Waals surface area contributed by atoms with Gasteiger partial charge >= 0.3 is 12.1 Å². The molecule has 0 aliphatic heterocycles. The molecule has 114 valence electrons. The van der Waals surface area contributed by atoms with Crippen LogP contribution in [-0.2, 0) is 4.79 Å². The summed E-state index contributed by atoms with van der Waals surface area (Å²) in [6, 6.07) is 0. The Morgan fingerprint density at radius 3 is 1.95 bits per heavy atom. The van der Waals surface area contributed by atoms with Gasteiger partial charge in [-0.2, -0.15) is 22.0 Å². The van der Waals surface area contributed by atoms with Crippen LogP contribution in [0.3, 0.4) is 0 Å². The van der Waals surface area contributed by atoms with E-state index in [1.165, 1.54) is 0 Å². The standard InChI is InChI=1S/C9H10F8OS/c1-5(18)19-3-2-6(10)7(11,12)4-8(13,14)9(15,16)17/h6H,2-4H2,1H3. The fourth-order valence-electron chi connectivity index (χ4n) is 1.02. The number of halogens is 8. The van der Waals surface area contributed by atoms with Crippen molar-refractivity contribution in [2.75, 3.05) is 5.75 Å². The molecular formula is C9H10F8OS. The maximum atomic E-state index is 13.0. The molecule has 0 heterocycles. The van der Waals surface area contributed by atoms with Gasteiger partial charge in [0.05, 0.1) is 6.42 Å². The third kappa shape index (κ3) is 5.96. The zero-order valence-corrected chi connectivity index (χ0v) is 10.4. The number of carbonyl (C=O) groups excluding carboxylic acids is 1. The molecule has 1 nitrogen and oxygen atoms in total. The van der Waals surface area contributed by atoms with Crippen LogP contribution in [0.5, 0.6) is 0 Å². The third-order valence-electron chi connectivity index (χ3n) is 2.01. The van der Waals surface area contributed by atoms with Gasteiger partial charge in [0.1, 0.15) is 0 Å². The molecule has 19 heavy (non-hydrogen) atoms. The quantitative estimate of drug-likeness (QED) is 0.682. The van der Waals surface area contributed by atoms with Crippen molar-refractivity contribution in [2.24, 2.45) is 0 Å². The summed E-state index contributed by atoms with van der Waals surface area (Å²) in [6.07, 6.45) is -13.3. The van der Waals surface area contributed by atoms with Gasteiger partial charge in [-0.05, 0) is 6.42 Å². The first-order chi connectivity index (χ1) is 8.29. The lowest BCUT2D eigenvalue weighted by Gasteiger charge is -2.26. The van der Waals surface area contributed by atoms with E-state index >= 15 is 0 Å². The molecule has 0 saturated heterocycles. The molecule has 0 N–H and O–H groups in total. The van der Waals surface area contributed by atoms with E-state index < -0.39 is 47.9 Å². The second-order valence-electron chi connectivity index (χ2n) is 3.74. The lowest BCUT2D eigenvalue weighted by atomic mass is 10.0. The number of carbonyl (C=O) groups is 1. The largest absolute Gasteiger partial charge is 0.453 e. The molecule has 0 fully saturated rings. The summed E-state index contributed by atoms with van der Waals surface area (Å²) >= 11 is 0.477. The normalized spacial score (nSPS) is 15.4. The van der Waals surface area contributed by atoms with Crippen LogP contribution >= 0.6 is 11.8 Å². The van der Waals surface area contributed by atoms with Gasteiger partial charge in [0, 0.05) is 12.7 Å². The molecule has 0 spiro atoms. The van der Waals surface area contributed by atoms with Crippen molar-refractivity contribution in [3.8, 4) is 0 Å². The van der Waals surface area contributed by atoms with E-state index in [2.05, 4.69) is 0 Å².